The molecule has 0 saturated carbocycles. The predicted octanol–water partition coefficient (Wildman–Crippen LogP) is 4.09. The van der Waals surface area contributed by atoms with Crippen molar-refractivity contribution in [1.82, 2.24) is 0 Å². The number of halogens is 3. The Balaban J connectivity index is 3.17. The number of alkyl halides is 3. The van der Waals surface area contributed by atoms with Crippen LogP contribution in [0, 0.1) is 5.41 Å². The largest absolute Gasteiger partial charge is 0.400 e. The van der Waals surface area contributed by atoms with Gasteiger partial charge in [-0.05, 0) is 19.4 Å². The molecule has 0 aromatic carbocycles. The highest BCUT2D eigenvalue weighted by Gasteiger charge is 2.58. The van der Waals surface area contributed by atoms with Gasteiger partial charge in [-0.3, -0.25) is 4.99 Å². The molecule has 1 aliphatic heterocycles. The molecule has 94 valence electrons. The summed E-state index contributed by atoms with van der Waals surface area (Å²) in [5.74, 6) is 0. The minimum atomic E-state index is -4.29. The molecule has 17 heavy (non-hydrogen) atoms. The first-order valence-corrected chi connectivity index (χ1v) is 5.40. The van der Waals surface area contributed by atoms with E-state index in [1.165, 1.54) is 24.3 Å². The van der Waals surface area contributed by atoms with Gasteiger partial charge in [-0.1, -0.05) is 30.9 Å². The fourth-order valence-electron chi connectivity index (χ4n) is 2.07. The Morgan fingerprint density at radius 3 is 2.47 bits per heavy atom. The Hall–Kier alpha value is -1.32. The molecule has 0 N–H and O–H groups in total. The van der Waals surface area contributed by atoms with Crippen molar-refractivity contribution in [2.24, 2.45) is 10.4 Å². The smallest absolute Gasteiger partial charge is 0.293 e. The number of rotatable bonds is 3. The van der Waals surface area contributed by atoms with Crippen LogP contribution in [0.1, 0.15) is 20.3 Å². The van der Waals surface area contributed by atoms with Crippen LogP contribution in [-0.2, 0) is 0 Å². The third-order valence-electron chi connectivity index (χ3n) is 2.99. The van der Waals surface area contributed by atoms with Crippen molar-refractivity contribution in [3.63, 3.8) is 0 Å². The lowest BCUT2D eigenvalue weighted by Crippen LogP contribution is -2.40. The number of allylic oxidation sites excluding steroid dienone is 4. The van der Waals surface area contributed by atoms with Crippen LogP contribution in [0.2, 0.25) is 0 Å². The van der Waals surface area contributed by atoms with Crippen LogP contribution >= 0.6 is 0 Å². The molecular formula is C13H16F3N. The third-order valence-corrected chi connectivity index (χ3v) is 2.99. The van der Waals surface area contributed by atoms with E-state index in [1.807, 2.05) is 0 Å². The van der Waals surface area contributed by atoms with Gasteiger partial charge in [0, 0.05) is 12.1 Å². The lowest BCUT2D eigenvalue weighted by molar-refractivity contribution is -0.200. The highest BCUT2D eigenvalue weighted by Crippen LogP contribution is 2.50. The van der Waals surface area contributed by atoms with Crippen molar-refractivity contribution in [3.05, 3.63) is 36.5 Å². The Morgan fingerprint density at radius 1 is 1.47 bits per heavy atom. The summed E-state index contributed by atoms with van der Waals surface area (Å²) < 4.78 is 39.8. The van der Waals surface area contributed by atoms with Crippen LogP contribution in [-0.4, -0.2) is 18.4 Å². The highest BCUT2D eigenvalue weighted by atomic mass is 19.4. The van der Waals surface area contributed by atoms with E-state index in [0.717, 1.165) is 0 Å². The Morgan fingerprint density at radius 2 is 2.12 bits per heavy atom. The van der Waals surface area contributed by atoms with Gasteiger partial charge < -0.3 is 0 Å². The van der Waals surface area contributed by atoms with Crippen LogP contribution < -0.4 is 0 Å². The molecule has 0 aromatic rings. The molecule has 0 amide bonds. The summed E-state index contributed by atoms with van der Waals surface area (Å²) >= 11 is 0. The van der Waals surface area contributed by atoms with Crippen LogP contribution in [0.4, 0.5) is 13.2 Å². The lowest BCUT2D eigenvalue weighted by atomic mass is 9.76. The maximum absolute atomic E-state index is 13.3. The average molecular weight is 243 g/mol. The van der Waals surface area contributed by atoms with E-state index in [9.17, 15) is 13.2 Å². The quantitative estimate of drug-likeness (QED) is 0.662. The van der Waals surface area contributed by atoms with E-state index < -0.39 is 11.6 Å². The van der Waals surface area contributed by atoms with Gasteiger partial charge in [0.05, 0.1) is 6.54 Å². The number of hydrogen-bond acceptors (Lipinski definition) is 1. The average Bonchev–Trinajstić information content (AvgIpc) is 2.62. The van der Waals surface area contributed by atoms with E-state index in [1.54, 1.807) is 13.8 Å². The minimum absolute atomic E-state index is 0.0579. The fourth-order valence-corrected chi connectivity index (χ4v) is 2.07. The Kier molecular flexibility index (Phi) is 3.96. The molecule has 1 atom stereocenters. The molecule has 4 heteroatoms. The van der Waals surface area contributed by atoms with Crippen molar-refractivity contribution < 1.29 is 13.2 Å². The highest BCUT2D eigenvalue weighted by molar-refractivity contribution is 5.85. The summed E-state index contributed by atoms with van der Waals surface area (Å²) in [4.78, 5) is 3.93. The first-order chi connectivity index (χ1) is 7.87. The van der Waals surface area contributed by atoms with Crippen LogP contribution in [0.3, 0.4) is 0 Å². The van der Waals surface area contributed by atoms with Gasteiger partial charge in [0.25, 0.3) is 0 Å². The van der Waals surface area contributed by atoms with Gasteiger partial charge in [-0.15, -0.1) is 0 Å². The van der Waals surface area contributed by atoms with Crippen molar-refractivity contribution in [3.8, 4) is 0 Å². The summed E-state index contributed by atoms with van der Waals surface area (Å²) in [7, 11) is 0. The molecule has 1 heterocycles. The summed E-state index contributed by atoms with van der Waals surface area (Å²) in [5, 5.41) is 0. The molecule has 1 unspecified atom stereocenters. The van der Waals surface area contributed by atoms with Crippen molar-refractivity contribution in [2.45, 2.75) is 26.4 Å². The van der Waals surface area contributed by atoms with Crippen LogP contribution in [0.15, 0.2) is 41.4 Å². The zero-order valence-electron chi connectivity index (χ0n) is 10.0. The molecule has 0 fully saturated rings. The van der Waals surface area contributed by atoms with E-state index in [2.05, 4.69) is 11.6 Å². The standard InChI is InChI=1S/C13H16F3N/c1-4-6-7-11(5-2)12(13(14,15)16)8-10(3)17-9-12/h4-7H,1,8-9H2,2-3H3/b7-6+,11-5+. The topological polar surface area (TPSA) is 12.4 Å². The zero-order chi connectivity index (χ0) is 13.1. The number of hydrogen-bond donors (Lipinski definition) is 0. The van der Waals surface area contributed by atoms with Crippen molar-refractivity contribution in [2.75, 3.05) is 6.54 Å². The monoisotopic (exact) mass is 243 g/mol. The molecule has 0 bridgehead atoms. The number of aliphatic imine (C=N–C) groups is 1. The maximum Gasteiger partial charge on any atom is 0.400 e. The van der Waals surface area contributed by atoms with Crippen molar-refractivity contribution >= 4 is 5.71 Å². The summed E-state index contributed by atoms with van der Waals surface area (Å²) in [5.41, 5.74) is -1.05. The Labute approximate surface area is 99.4 Å². The second kappa shape index (κ2) is 4.90. The van der Waals surface area contributed by atoms with Gasteiger partial charge in [0.2, 0.25) is 0 Å². The normalized spacial score (nSPS) is 26.4. The van der Waals surface area contributed by atoms with Gasteiger partial charge >= 0.3 is 6.18 Å². The zero-order valence-corrected chi connectivity index (χ0v) is 10.0. The molecule has 0 radical (unpaired) electrons. The van der Waals surface area contributed by atoms with Gasteiger partial charge in [0.1, 0.15) is 5.41 Å². The molecular weight excluding hydrogens is 227 g/mol. The van der Waals surface area contributed by atoms with Gasteiger partial charge in [0.15, 0.2) is 0 Å². The lowest BCUT2D eigenvalue weighted by Gasteiger charge is -2.32. The maximum atomic E-state index is 13.3. The molecule has 1 rings (SSSR count). The van der Waals surface area contributed by atoms with Gasteiger partial charge in [-0.25, -0.2) is 0 Å². The number of nitrogens with zero attached hydrogens (tertiary/aromatic N) is 1. The van der Waals surface area contributed by atoms with Crippen molar-refractivity contribution in [1.29, 1.82) is 0 Å². The fraction of sp³-hybridized carbons (Fsp3) is 0.462. The SMILES string of the molecule is C=C/C=C/C(=C\C)C1(C(F)(F)F)CN=C(C)C1. The molecule has 1 nitrogen and oxygen atoms in total. The molecule has 0 spiro atoms. The summed E-state index contributed by atoms with van der Waals surface area (Å²) in [6.45, 7) is 6.50. The van der Waals surface area contributed by atoms with E-state index in [0.29, 0.717) is 5.71 Å². The second-order valence-corrected chi connectivity index (χ2v) is 4.15. The first kappa shape index (κ1) is 13.7. The molecule has 0 aliphatic carbocycles. The molecule has 0 saturated heterocycles. The van der Waals surface area contributed by atoms with Crippen LogP contribution in [0.25, 0.3) is 0 Å². The van der Waals surface area contributed by atoms with E-state index in [-0.39, 0.29) is 18.5 Å². The Bertz CT molecular complexity index is 388. The first-order valence-electron chi connectivity index (χ1n) is 5.40. The van der Waals surface area contributed by atoms with Crippen LogP contribution in [0.5, 0.6) is 0 Å². The molecule has 1 aliphatic rings. The minimum Gasteiger partial charge on any atom is -0.293 e. The summed E-state index contributed by atoms with van der Waals surface area (Å²) in [6.07, 6.45) is 1.61. The third kappa shape index (κ3) is 2.51. The molecule has 0 aromatic heterocycles. The predicted molar refractivity (Wildman–Crippen MR) is 64.2 cm³/mol. The van der Waals surface area contributed by atoms with Gasteiger partial charge in [-0.2, -0.15) is 13.2 Å². The van der Waals surface area contributed by atoms with E-state index >= 15 is 0 Å². The van der Waals surface area contributed by atoms with E-state index in [4.69, 9.17) is 0 Å². The summed E-state index contributed by atoms with van der Waals surface area (Å²) in [6, 6.07) is 0. The second-order valence-electron chi connectivity index (χ2n) is 4.15.